The van der Waals surface area contributed by atoms with Crippen LogP contribution >= 0.6 is 11.8 Å². The molecule has 0 amide bonds. The molecule has 9 heteroatoms. The number of hydrogen-bond acceptors (Lipinski definition) is 2. The molecule has 3 aromatic carbocycles. The molecule has 1 heterocycles. The van der Waals surface area contributed by atoms with Gasteiger partial charge in [0, 0.05) is 27.3 Å². The van der Waals surface area contributed by atoms with E-state index in [1.165, 1.54) is 24.3 Å². The van der Waals surface area contributed by atoms with Crippen LogP contribution in [0, 0.1) is 23.7 Å². The summed E-state index contributed by atoms with van der Waals surface area (Å²) >= 11 is 1.57. The van der Waals surface area contributed by atoms with Crippen LogP contribution in [0.3, 0.4) is 0 Å². The average molecular weight is 593 g/mol. The Morgan fingerprint density at radius 1 is 0.667 bits per heavy atom. The molecule has 5 rings (SSSR count). The Morgan fingerprint density at radius 3 is 1.67 bits per heavy atom. The van der Waals surface area contributed by atoms with Gasteiger partial charge in [-0.2, -0.15) is 26.3 Å². The van der Waals surface area contributed by atoms with Crippen molar-refractivity contribution in [2.45, 2.75) is 42.3 Å². The van der Waals surface area contributed by atoms with Gasteiger partial charge in [-0.15, -0.1) is 11.8 Å². The molecular formula is C33H20F6NOS. The van der Waals surface area contributed by atoms with Gasteiger partial charge in [-0.3, -0.25) is 5.11 Å². The largest absolute Gasteiger partial charge is 0.416 e. The molecule has 0 unspecified atom stereocenters. The summed E-state index contributed by atoms with van der Waals surface area (Å²) in [6, 6.07) is 15.9. The zero-order valence-electron chi connectivity index (χ0n) is 21.8. The van der Waals surface area contributed by atoms with Crippen LogP contribution in [0.2, 0.25) is 0 Å². The van der Waals surface area contributed by atoms with Gasteiger partial charge in [0.05, 0.1) is 11.1 Å². The molecular weight excluding hydrogens is 572 g/mol. The highest BCUT2D eigenvalue weighted by Gasteiger charge is 2.30. The van der Waals surface area contributed by atoms with Crippen molar-refractivity contribution in [1.82, 2.24) is 4.98 Å². The lowest BCUT2D eigenvalue weighted by molar-refractivity contribution is -0.138. The minimum atomic E-state index is -4.45. The normalized spacial score (nSPS) is 12.6. The molecule has 42 heavy (non-hydrogen) atoms. The standard InChI is InChI=1S/C33H20F6NOS/c34-32(35,36)24-10-4-21(5-11-24)8-14-26-18-23(20-42-31-17-16-30(41)28-2-1-3-29(28)31)19-27(40-26)15-9-22-6-12-25(13-7-22)33(37,38)39/h4-7,10-13,16-19H,1-3,20H2. The summed E-state index contributed by atoms with van der Waals surface area (Å²) < 4.78 is 77.3. The number of aromatic nitrogens is 1. The van der Waals surface area contributed by atoms with E-state index in [4.69, 9.17) is 0 Å². The van der Waals surface area contributed by atoms with E-state index in [0.717, 1.165) is 65.1 Å². The zero-order chi connectivity index (χ0) is 29.9. The summed E-state index contributed by atoms with van der Waals surface area (Å²) in [4.78, 5) is 5.47. The van der Waals surface area contributed by atoms with Crippen molar-refractivity contribution >= 4 is 11.8 Å². The quantitative estimate of drug-likeness (QED) is 0.135. The first-order valence-electron chi connectivity index (χ1n) is 12.8. The highest BCUT2D eigenvalue weighted by atomic mass is 32.2. The van der Waals surface area contributed by atoms with Crippen molar-refractivity contribution in [3.63, 3.8) is 0 Å². The van der Waals surface area contributed by atoms with Crippen LogP contribution in [0.25, 0.3) is 0 Å². The van der Waals surface area contributed by atoms with Gasteiger partial charge in [-0.05, 0) is 115 Å². The van der Waals surface area contributed by atoms with Gasteiger partial charge in [0.15, 0.2) is 5.75 Å². The van der Waals surface area contributed by atoms with Gasteiger partial charge in [-0.25, -0.2) is 4.98 Å². The minimum absolute atomic E-state index is 0.0532. The van der Waals surface area contributed by atoms with Gasteiger partial charge in [0.25, 0.3) is 0 Å². The van der Waals surface area contributed by atoms with Crippen LogP contribution in [0.5, 0.6) is 5.75 Å². The van der Waals surface area contributed by atoms with Gasteiger partial charge < -0.3 is 0 Å². The second kappa shape index (κ2) is 11.9. The third-order valence-corrected chi connectivity index (χ3v) is 7.74. The van der Waals surface area contributed by atoms with E-state index in [0.29, 0.717) is 28.3 Å². The molecule has 0 bridgehead atoms. The van der Waals surface area contributed by atoms with E-state index in [1.807, 2.05) is 6.07 Å². The van der Waals surface area contributed by atoms with E-state index in [-0.39, 0.29) is 5.75 Å². The second-order valence-corrected chi connectivity index (χ2v) is 10.6. The molecule has 1 aliphatic rings. The number of alkyl halides is 6. The predicted octanol–water partition coefficient (Wildman–Crippen LogP) is 8.84. The maximum absolute atomic E-state index is 12.9. The first kappa shape index (κ1) is 29.2. The summed E-state index contributed by atoms with van der Waals surface area (Å²) in [7, 11) is 0. The number of rotatable bonds is 3. The lowest BCUT2D eigenvalue weighted by atomic mass is 10.1. The molecule has 0 N–H and O–H groups in total. The lowest BCUT2D eigenvalue weighted by Gasteiger charge is -2.09. The summed E-state index contributed by atoms with van der Waals surface area (Å²) in [5.41, 5.74) is 2.62. The monoisotopic (exact) mass is 592 g/mol. The van der Waals surface area contributed by atoms with Crippen LogP contribution in [0.4, 0.5) is 26.3 Å². The van der Waals surface area contributed by atoms with Gasteiger partial charge in [-0.1, -0.05) is 11.8 Å². The summed E-state index contributed by atoms with van der Waals surface area (Å²) in [5.74, 6) is 12.0. The third-order valence-electron chi connectivity index (χ3n) is 6.57. The SMILES string of the molecule is [O]c1ccc(SCc2cc(C#Cc3ccc(C(F)(F)F)cc3)nc(C#Cc3ccc(C(F)(F)F)cc3)c2)c2c1CCC2. The fourth-order valence-electron chi connectivity index (χ4n) is 4.49. The molecule has 1 aromatic heterocycles. The number of nitrogens with zero attached hydrogens (tertiary/aromatic N) is 1. The Balaban J connectivity index is 1.44. The van der Waals surface area contributed by atoms with E-state index in [1.54, 1.807) is 30.0 Å². The Morgan fingerprint density at radius 2 is 1.17 bits per heavy atom. The second-order valence-electron chi connectivity index (χ2n) is 9.56. The van der Waals surface area contributed by atoms with Gasteiger partial charge in [0.2, 0.25) is 0 Å². The Hall–Kier alpha value is -4.34. The molecule has 0 fully saturated rings. The molecule has 0 saturated heterocycles. The van der Waals surface area contributed by atoms with Crippen molar-refractivity contribution in [3.05, 3.63) is 123 Å². The zero-order valence-corrected chi connectivity index (χ0v) is 22.6. The number of benzene rings is 3. The van der Waals surface area contributed by atoms with E-state index in [2.05, 4.69) is 28.7 Å². The summed E-state index contributed by atoms with van der Waals surface area (Å²) in [6.07, 6.45) is -6.35. The van der Waals surface area contributed by atoms with Crippen LogP contribution in [-0.4, -0.2) is 4.98 Å². The maximum Gasteiger partial charge on any atom is 0.416 e. The van der Waals surface area contributed by atoms with Crippen LogP contribution in [0.15, 0.2) is 77.7 Å². The highest BCUT2D eigenvalue weighted by molar-refractivity contribution is 7.98. The predicted molar refractivity (Wildman–Crippen MR) is 147 cm³/mol. The van der Waals surface area contributed by atoms with E-state index < -0.39 is 23.5 Å². The van der Waals surface area contributed by atoms with Crippen molar-refractivity contribution in [3.8, 4) is 29.4 Å². The van der Waals surface area contributed by atoms with Crippen molar-refractivity contribution in [2.75, 3.05) is 0 Å². The van der Waals surface area contributed by atoms with Crippen LogP contribution < -0.4 is 0 Å². The van der Waals surface area contributed by atoms with E-state index >= 15 is 0 Å². The topological polar surface area (TPSA) is 32.8 Å². The molecule has 0 aliphatic heterocycles. The third kappa shape index (κ3) is 7.10. The van der Waals surface area contributed by atoms with Crippen LogP contribution in [-0.2, 0) is 36.1 Å². The van der Waals surface area contributed by atoms with Crippen LogP contribution in [0.1, 0.15) is 56.8 Å². The number of thioether (sulfide) groups is 1. The summed E-state index contributed by atoms with van der Waals surface area (Å²) in [5, 5.41) is 12.2. The number of halogens is 6. The lowest BCUT2D eigenvalue weighted by Crippen LogP contribution is -2.04. The smallest absolute Gasteiger partial charge is 0.290 e. The van der Waals surface area contributed by atoms with Crippen molar-refractivity contribution < 1.29 is 31.4 Å². The Labute approximate surface area is 242 Å². The molecule has 0 saturated carbocycles. The number of pyridine rings is 1. The fourth-order valence-corrected chi connectivity index (χ4v) is 5.55. The number of hydrogen-bond donors (Lipinski definition) is 0. The van der Waals surface area contributed by atoms with E-state index in [9.17, 15) is 31.4 Å². The number of fused-ring (bicyclic) bond motifs is 1. The molecule has 0 spiro atoms. The Bertz CT molecular complexity index is 1640. The molecule has 211 valence electrons. The molecule has 2 nitrogen and oxygen atoms in total. The van der Waals surface area contributed by atoms with Gasteiger partial charge >= 0.3 is 12.4 Å². The minimum Gasteiger partial charge on any atom is -0.290 e. The molecule has 1 aliphatic carbocycles. The first-order valence-corrected chi connectivity index (χ1v) is 13.8. The molecule has 4 aromatic rings. The average Bonchev–Trinajstić information content (AvgIpc) is 3.46. The highest BCUT2D eigenvalue weighted by Crippen LogP contribution is 2.38. The summed E-state index contributed by atoms with van der Waals surface area (Å²) in [6.45, 7) is 0. The molecule has 1 radical (unpaired) electrons. The maximum atomic E-state index is 12.9. The van der Waals surface area contributed by atoms with Crippen molar-refractivity contribution in [2.24, 2.45) is 0 Å². The Kier molecular flexibility index (Phi) is 8.24. The fraction of sp³-hybridized carbons (Fsp3) is 0.182. The molecule has 0 atom stereocenters. The van der Waals surface area contributed by atoms with Gasteiger partial charge in [0.1, 0.15) is 11.4 Å². The first-order chi connectivity index (χ1) is 20.0. The van der Waals surface area contributed by atoms with Crippen molar-refractivity contribution in [1.29, 1.82) is 0 Å².